The van der Waals surface area contributed by atoms with Gasteiger partial charge in [-0.3, -0.25) is 0 Å². The van der Waals surface area contributed by atoms with Gasteiger partial charge < -0.3 is 10.1 Å². The highest BCUT2D eigenvalue weighted by atomic mass is 32.1. The minimum atomic E-state index is -0.00458. The molecule has 86 valence electrons. The molecule has 0 aliphatic rings. The van der Waals surface area contributed by atoms with Crippen molar-refractivity contribution in [3.05, 3.63) is 22.4 Å². The molecule has 3 heteroatoms. The van der Waals surface area contributed by atoms with Gasteiger partial charge in [-0.1, -0.05) is 0 Å². The van der Waals surface area contributed by atoms with E-state index in [1.54, 1.807) is 18.4 Å². The zero-order valence-electron chi connectivity index (χ0n) is 9.88. The molecular formula is C12H21NOS. The summed E-state index contributed by atoms with van der Waals surface area (Å²) >= 11 is 1.76. The van der Waals surface area contributed by atoms with E-state index in [4.69, 9.17) is 4.74 Å². The van der Waals surface area contributed by atoms with E-state index in [0.717, 1.165) is 25.9 Å². The third-order valence-corrected chi connectivity index (χ3v) is 3.36. The Balaban J connectivity index is 2.03. The van der Waals surface area contributed by atoms with Crippen molar-refractivity contribution < 1.29 is 4.74 Å². The third kappa shape index (κ3) is 5.30. The molecule has 0 aliphatic heterocycles. The van der Waals surface area contributed by atoms with Gasteiger partial charge in [0.1, 0.15) is 0 Å². The van der Waals surface area contributed by atoms with Crippen LogP contribution in [0.15, 0.2) is 16.8 Å². The Kier molecular flexibility index (Phi) is 5.29. The summed E-state index contributed by atoms with van der Waals surface area (Å²) in [5.74, 6) is 0. The number of ether oxygens (including phenoxy) is 1. The normalized spacial score (nSPS) is 11.9. The largest absolute Gasteiger partial charge is 0.379 e. The topological polar surface area (TPSA) is 21.3 Å². The molecule has 0 aromatic carbocycles. The highest BCUT2D eigenvalue weighted by molar-refractivity contribution is 7.07. The van der Waals surface area contributed by atoms with Crippen LogP contribution >= 0.6 is 11.3 Å². The summed E-state index contributed by atoms with van der Waals surface area (Å²) in [6.45, 7) is 6.31. The summed E-state index contributed by atoms with van der Waals surface area (Å²) in [6.07, 6.45) is 2.17. The van der Waals surface area contributed by atoms with Crippen molar-refractivity contribution in [1.82, 2.24) is 5.32 Å². The van der Waals surface area contributed by atoms with E-state index in [9.17, 15) is 0 Å². The Bertz CT molecular complexity index is 257. The Morgan fingerprint density at radius 1 is 1.40 bits per heavy atom. The van der Waals surface area contributed by atoms with Crippen LogP contribution in [0.3, 0.4) is 0 Å². The Morgan fingerprint density at radius 2 is 2.20 bits per heavy atom. The van der Waals surface area contributed by atoms with Crippen LogP contribution in [0.25, 0.3) is 0 Å². The summed E-state index contributed by atoms with van der Waals surface area (Å²) in [5.41, 5.74) is 1.42. The van der Waals surface area contributed by atoms with Crippen LogP contribution in [0.2, 0.25) is 0 Å². The molecule has 1 aromatic rings. The predicted molar refractivity (Wildman–Crippen MR) is 66.6 cm³/mol. The van der Waals surface area contributed by atoms with Crippen LogP contribution in [0.1, 0.15) is 25.8 Å². The lowest BCUT2D eigenvalue weighted by molar-refractivity contribution is 0.0159. The zero-order chi connectivity index (χ0) is 11.1. The number of methoxy groups -OCH3 is 1. The second kappa shape index (κ2) is 6.26. The maximum atomic E-state index is 5.35. The molecule has 0 bridgehead atoms. The lowest BCUT2D eigenvalue weighted by atomic mass is 10.1. The van der Waals surface area contributed by atoms with Gasteiger partial charge in [-0.25, -0.2) is 0 Å². The molecule has 0 spiro atoms. The zero-order valence-corrected chi connectivity index (χ0v) is 10.7. The van der Waals surface area contributed by atoms with Crippen LogP contribution in [0.4, 0.5) is 0 Å². The second-order valence-electron chi connectivity index (χ2n) is 4.35. The molecule has 0 atom stereocenters. The quantitative estimate of drug-likeness (QED) is 0.723. The van der Waals surface area contributed by atoms with Crippen molar-refractivity contribution >= 4 is 11.3 Å². The van der Waals surface area contributed by atoms with Crippen molar-refractivity contribution in [3.8, 4) is 0 Å². The van der Waals surface area contributed by atoms with Crippen LogP contribution in [0, 0.1) is 0 Å². The molecule has 2 nitrogen and oxygen atoms in total. The molecule has 1 rings (SSSR count). The molecule has 0 saturated heterocycles. The van der Waals surface area contributed by atoms with Gasteiger partial charge in [0.15, 0.2) is 0 Å². The lowest BCUT2D eigenvalue weighted by Gasteiger charge is -2.22. The van der Waals surface area contributed by atoms with E-state index in [2.05, 4.69) is 36.0 Å². The van der Waals surface area contributed by atoms with Crippen molar-refractivity contribution in [2.45, 2.75) is 32.3 Å². The number of thiophene rings is 1. The molecule has 1 heterocycles. The van der Waals surface area contributed by atoms with Gasteiger partial charge in [0, 0.05) is 7.11 Å². The SMILES string of the molecule is COC(C)(C)CCNCCc1ccsc1. The number of nitrogens with one attached hydrogen (secondary N) is 1. The van der Waals surface area contributed by atoms with Crippen molar-refractivity contribution in [2.75, 3.05) is 20.2 Å². The summed E-state index contributed by atoms with van der Waals surface area (Å²) in [6, 6.07) is 2.19. The first-order valence-electron chi connectivity index (χ1n) is 5.41. The molecule has 0 fully saturated rings. The highest BCUT2D eigenvalue weighted by Crippen LogP contribution is 2.11. The minimum absolute atomic E-state index is 0.00458. The van der Waals surface area contributed by atoms with Gasteiger partial charge in [-0.05, 0) is 62.2 Å². The second-order valence-corrected chi connectivity index (χ2v) is 5.13. The van der Waals surface area contributed by atoms with E-state index in [-0.39, 0.29) is 5.60 Å². The van der Waals surface area contributed by atoms with E-state index in [1.807, 2.05) is 0 Å². The summed E-state index contributed by atoms with van der Waals surface area (Å²) in [4.78, 5) is 0. The lowest BCUT2D eigenvalue weighted by Crippen LogP contribution is -2.29. The van der Waals surface area contributed by atoms with Gasteiger partial charge >= 0.3 is 0 Å². The predicted octanol–water partition coefficient (Wildman–Crippen LogP) is 2.70. The minimum Gasteiger partial charge on any atom is -0.379 e. The van der Waals surface area contributed by atoms with Crippen LogP contribution in [0.5, 0.6) is 0 Å². The molecule has 0 amide bonds. The molecule has 0 unspecified atom stereocenters. The van der Waals surface area contributed by atoms with Gasteiger partial charge in [-0.15, -0.1) is 0 Å². The van der Waals surface area contributed by atoms with Gasteiger partial charge in [-0.2, -0.15) is 11.3 Å². The maximum Gasteiger partial charge on any atom is 0.0634 e. The van der Waals surface area contributed by atoms with Gasteiger partial charge in [0.2, 0.25) is 0 Å². The number of rotatable bonds is 7. The van der Waals surface area contributed by atoms with Crippen LogP contribution in [-0.2, 0) is 11.2 Å². The monoisotopic (exact) mass is 227 g/mol. The fraction of sp³-hybridized carbons (Fsp3) is 0.667. The fourth-order valence-electron chi connectivity index (χ4n) is 1.28. The first-order chi connectivity index (χ1) is 7.14. The van der Waals surface area contributed by atoms with E-state index < -0.39 is 0 Å². The molecule has 0 radical (unpaired) electrons. The van der Waals surface area contributed by atoms with Gasteiger partial charge in [0.25, 0.3) is 0 Å². The first-order valence-corrected chi connectivity index (χ1v) is 6.35. The Hall–Kier alpha value is -0.380. The first kappa shape index (κ1) is 12.7. The Labute approximate surface area is 96.7 Å². The van der Waals surface area contributed by atoms with Crippen molar-refractivity contribution in [3.63, 3.8) is 0 Å². The van der Waals surface area contributed by atoms with Crippen molar-refractivity contribution in [2.24, 2.45) is 0 Å². The molecule has 0 saturated carbocycles. The molecule has 1 aromatic heterocycles. The fourth-order valence-corrected chi connectivity index (χ4v) is 1.99. The summed E-state index contributed by atoms with van der Waals surface area (Å²) in [7, 11) is 1.77. The van der Waals surface area contributed by atoms with Crippen LogP contribution in [-0.4, -0.2) is 25.8 Å². The average Bonchev–Trinajstić information content (AvgIpc) is 2.70. The molecule has 15 heavy (non-hydrogen) atoms. The number of hydrogen-bond acceptors (Lipinski definition) is 3. The van der Waals surface area contributed by atoms with Crippen molar-refractivity contribution in [1.29, 1.82) is 0 Å². The average molecular weight is 227 g/mol. The summed E-state index contributed by atoms with van der Waals surface area (Å²) in [5, 5.41) is 7.78. The van der Waals surface area contributed by atoms with E-state index in [1.165, 1.54) is 5.56 Å². The van der Waals surface area contributed by atoms with Crippen LogP contribution < -0.4 is 5.32 Å². The highest BCUT2D eigenvalue weighted by Gasteiger charge is 2.14. The third-order valence-electron chi connectivity index (χ3n) is 2.63. The Morgan fingerprint density at radius 3 is 2.80 bits per heavy atom. The molecule has 0 aliphatic carbocycles. The molecule has 1 N–H and O–H groups in total. The smallest absolute Gasteiger partial charge is 0.0634 e. The maximum absolute atomic E-state index is 5.35. The van der Waals surface area contributed by atoms with E-state index in [0.29, 0.717) is 0 Å². The van der Waals surface area contributed by atoms with Gasteiger partial charge in [0.05, 0.1) is 5.60 Å². The van der Waals surface area contributed by atoms with E-state index >= 15 is 0 Å². The summed E-state index contributed by atoms with van der Waals surface area (Å²) < 4.78 is 5.35. The number of hydrogen-bond donors (Lipinski definition) is 1. The standard InChI is InChI=1S/C12H21NOS/c1-12(2,14-3)6-8-13-7-4-11-5-9-15-10-11/h5,9-10,13H,4,6-8H2,1-3H3. The molecular weight excluding hydrogens is 206 g/mol.